The summed E-state index contributed by atoms with van der Waals surface area (Å²) in [5, 5.41) is 0. The lowest BCUT2D eigenvalue weighted by atomic mass is 10.2. The van der Waals surface area contributed by atoms with Gasteiger partial charge in [0.15, 0.2) is 0 Å². The van der Waals surface area contributed by atoms with Gasteiger partial charge in [-0.2, -0.15) is 0 Å². The second kappa shape index (κ2) is 3.98. The lowest BCUT2D eigenvalue weighted by Gasteiger charge is -2.13. The molecule has 0 saturated carbocycles. The maximum Gasteiger partial charge on any atom is 0.144 e. The Morgan fingerprint density at radius 2 is 2.54 bits per heavy atom. The summed E-state index contributed by atoms with van der Waals surface area (Å²) < 4.78 is 0. The quantitative estimate of drug-likeness (QED) is 0.716. The fourth-order valence-corrected chi connectivity index (χ4v) is 2.40. The summed E-state index contributed by atoms with van der Waals surface area (Å²) in [5.74, 6) is 2.72. The molecule has 1 saturated heterocycles. The Morgan fingerprint density at radius 3 is 3.23 bits per heavy atom. The third kappa shape index (κ3) is 2.35. The van der Waals surface area contributed by atoms with Crippen LogP contribution < -0.4 is 5.73 Å². The molecule has 1 aliphatic heterocycles. The van der Waals surface area contributed by atoms with Crippen molar-refractivity contribution >= 4 is 17.6 Å². The summed E-state index contributed by atoms with van der Waals surface area (Å²) in [6.07, 6.45) is 1.71. The summed E-state index contributed by atoms with van der Waals surface area (Å²) in [6.45, 7) is 2.13. The van der Waals surface area contributed by atoms with Gasteiger partial charge in [0.2, 0.25) is 0 Å². The molecule has 3 nitrogen and oxygen atoms in total. The molecule has 0 aliphatic carbocycles. The zero-order chi connectivity index (χ0) is 9.10. The molecule has 69 valence electrons. The Balaban J connectivity index is 2.00. The molecule has 1 aromatic rings. The van der Waals surface area contributed by atoms with E-state index in [4.69, 9.17) is 5.73 Å². The van der Waals surface area contributed by atoms with Crippen molar-refractivity contribution in [3.05, 3.63) is 23.9 Å². The van der Waals surface area contributed by atoms with Gasteiger partial charge >= 0.3 is 0 Å². The lowest BCUT2D eigenvalue weighted by Crippen LogP contribution is -2.18. The third-order valence-corrected chi connectivity index (χ3v) is 3.08. The third-order valence-electron chi connectivity index (χ3n) is 2.06. The number of nitrogens with one attached hydrogen (secondary N) is 1. The van der Waals surface area contributed by atoms with Crippen molar-refractivity contribution in [2.24, 2.45) is 0 Å². The minimum atomic E-state index is 0.365. The van der Waals surface area contributed by atoms with Crippen LogP contribution in [0.4, 0.5) is 5.82 Å². The van der Waals surface area contributed by atoms with Gasteiger partial charge in [-0.05, 0) is 17.7 Å². The lowest BCUT2D eigenvalue weighted by molar-refractivity contribution is 0.349. The molecular formula is C9H12N3S. The molecule has 0 amide bonds. The van der Waals surface area contributed by atoms with Gasteiger partial charge in [0.05, 0.1) is 0 Å². The first-order valence-electron chi connectivity index (χ1n) is 4.31. The predicted molar refractivity (Wildman–Crippen MR) is 54.7 cm³/mol. The average molecular weight is 194 g/mol. The highest BCUT2D eigenvalue weighted by Crippen LogP contribution is 2.16. The Morgan fingerprint density at radius 1 is 1.62 bits per heavy atom. The smallest absolute Gasteiger partial charge is 0.144 e. The molecule has 1 radical (unpaired) electrons. The van der Waals surface area contributed by atoms with E-state index in [0.717, 1.165) is 12.4 Å². The van der Waals surface area contributed by atoms with Gasteiger partial charge < -0.3 is 0 Å². The molecule has 1 aromatic heterocycles. The van der Waals surface area contributed by atoms with E-state index in [2.05, 4.69) is 9.88 Å². The number of aromatic nitrogens is 1. The molecule has 1 N–H and O–H groups in total. The van der Waals surface area contributed by atoms with E-state index < -0.39 is 0 Å². The summed E-state index contributed by atoms with van der Waals surface area (Å²) >= 11 is 1.97. The van der Waals surface area contributed by atoms with Crippen LogP contribution >= 0.6 is 11.8 Å². The zero-order valence-electron chi connectivity index (χ0n) is 7.36. The molecular weight excluding hydrogens is 182 g/mol. The highest BCUT2D eigenvalue weighted by Gasteiger charge is 2.11. The zero-order valence-corrected chi connectivity index (χ0v) is 8.18. The first-order valence-corrected chi connectivity index (χ1v) is 5.47. The van der Waals surface area contributed by atoms with Crippen LogP contribution in [0.3, 0.4) is 0 Å². The number of hydrogen-bond acceptors (Lipinski definition) is 3. The minimum absolute atomic E-state index is 0.365. The van der Waals surface area contributed by atoms with Crippen LogP contribution in [-0.4, -0.2) is 28.1 Å². The highest BCUT2D eigenvalue weighted by atomic mass is 32.2. The van der Waals surface area contributed by atoms with E-state index in [1.807, 2.05) is 23.9 Å². The fraction of sp³-hybridized carbons (Fsp3) is 0.444. The van der Waals surface area contributed by atoms with Crippen LogP contribution in [0.25, 0.3) is 0 Å². The van der Waals surface area contributed by atoms with Gasteiger partial charge in [0, 0.05) is 30.9 Å². The molecule has 0 spiro atoms. The molecule has 4 heteroatoms. The largest absolute Gasteiger partial charge is 0.289 e. The van der Waals surface area contributed by atoms with Crippen molar-refractivity contribution in [1.29, 1.82) is 0 Å². The van der Waals surface area contributed by atoms with Crippen molar-refractivity contribution in [2.45, 2.75) is 6.54 Å². The van der Waals surface area contributed by atoms with E-state index in [1.54, 1.807) is 6.20 Å². The standard InChI is InChI=1S/C9H12N3S/c10-9-5-8(1-2-11-9)6-12-3-4-13-7-12/h1-2,5,10H,3-4,6-7H2. The van der Waals surface area contributed by atoms with E-state index in [1.165, 1.54) is 17.9 Å². The van der Waals surface area contributed by atoms with E-state index in [9.17, 15) is 0 Å². The summed E-state index contributed by atoms with van der Waals surface area (Å²) in [6, 6.07) is 3.82. The minimum Gasteiger partial charge on any atom is -0.289 e. The maximum absolute atomic E-state index is 7.38. The van der Waals surface area contributed by atoms with Gasteiger partial charge in [0.25, 0.3) is 0 Å². The van der Waals surface area contributed by atoms with Gasteiger partial charge in [-0.25, -0.2) is 4.98 Å². The summed E-state index contributed by atoms with van der Waals surface area (Å²) in [5.41, 5.74) is 8.57. The Labute approximate surface area is 82.3 Å². The van der Waals surface area contributed by atoms with Crippen molar-refractivity contribution < 1.29 is 0 Å². The average Bonchev–Trinajstić information content (AvgIpc) is 2.57. The molecule has 0 atom stereocenters. The van der Waals surface area contributed by atoms with Crippen LogP contribution in [-0.2, 0) is 6.54 Å². The molecule has 13 heavy (non-hydrogen) atoms. The topological polar surface area (TPSA) is 39.9 Å². The van der Waals surface area contributed by atoms with Crippen LogP contribution in [0.5, 0.6) is 0 Å². The number of rotatable bonds is 2. The van der Waals surface area contributed by atoms with Gasteiger partial charge in [-0.15, -0.1) is 11.8 Å². The van der Waals surface area contributed by atoms with E-state index in [0.29, 0.717) is 5.82 Å². The number of pyridine rings is 1. The monoisotopic (exact) mass is 194 g/mol. The van der Waals surface area contributed by atoms with Crippen LogP contribution in [0.15, 0.2) is 18.3 Å². The van der Waals surface area contributed by atoms with Crippen LogP contribution in [0.2, 0.25) is 0 Å². The summed E-state index contributed by atoms with van der Waals surface area (Å²) in [7, 11) is 0. The highest BCUT2D eigenvalue weighted by molar-refractivity contribution is 7.99. The van der Waals surface area contributed by atoms with Gasteiger partial charge in [-0.3, -0.25) is 10.6 Å². The molecule has 0 unspecified atom stereocenters. The second-order valence-corrected chi connectivity index (χ2v) is 4.21. The van der Waals surface area contributed by atoms with Crippen molar-refractivity contribution in [3.63, 3.8) is 0 Å². The second-order valence-electron chi connectivity index (χ2n) is 3.14. The van der Waals surface area contributed by atoms with Gasteiger partial charge in [0.1, 0.15) is 5.82 Å². The molecule has 0 aromatic carbocycles. The van der Waals surface area contributed by atoms with Crippen molar-refractivity contribution in [2.75, 3.05) is 18.2 Å². The molecule has 2 rings (SSSR count). The fourth-order valence-electron chi connectivity index (χ4n) is 1.41. The molecule has 1 fully saturated rings. The van der Waals surface area contributed by atoms with E-state index >= 15 is 0 Å². The Hall–Kier alpha value is -0.740. The van der Waals surface area contributed by atoms with Crippen LogP contribution in [0.1, 0.15) is 5.56 Å². The number of nitrogens with zero attached hydrogens (tertiary/aromatic N) is 2. The SMILES string of the molecule is [NH]c1cc(CN2CCSC2)ccn1. The number of thioether (sulfide) groups is 1. The molecule has 1 aliphatic rings. The van der Waals surface area contributed by atoms with Crippen LogP contribution in [0, 0.1) is 0 Å². The summed E-state index contributed by atoms with van der Waals surface area (Å²) in [4.78, 5) is 6.25. The van der Waals surface area contributed by atoms with E-state index in [-0.39, 0.29) is 0 Å². The normalized spacial score (nSPS) is 17.8. The first kappa shape index (κ1) is 8.84. The first-order chi connectivity index (χ1) is 6.34. The maximum atomic E-state index is 7.38. The van der Waals surface area contributed by atoms with Gasteiger partial charge in [-0.1, -0.05) is 0 Å². The van der Waals surface area contributed by atoms with Crippen molar-refractivity contribution in [1.82, 2.24) is 15.6 Å². The molecule has 0 bridgehead atoms. The Bertz CT molecular complexity index is 284. The molecule has 2 heterocycles. The van der Waals surface area contributed by atoms with Crippen molar-refractivity contribution in [3.8, 4) is 0 Å². The predicted octanol–water partition coefficient (Wildman–Crippen LogP) is 1.50. The Kier molecular flexibility index (Phi) is 2.71. The number of hydrogen-bond donors (Lipinski definition) is 0.